The Morgan fingerprint density at radius 3 is 2.29 bits per heavy atom. The maximum atomic E-state index is 9.05. The Labute approximate surface area is 122 Å². The second-order valence-corrected chi connectivity index (χ2v) is 3.94. The molecule has 0 aliphatic carbocycles. The molecule has 7 nitrogen and oxygen atoms in total. The van der Waals surface area contributed by atoms with Gasteiger partial charge in [0.1, 0.15) is 6.07 Å². The summed E-state index contributed by atoms with van der Waals surface area (Å²) in [6, 6.07) is 7.06. The Morgan fingerprint density at radius 1 is 1.10 bits per heavy atom. The first-order valence-electron chi connectivity index (χ1n) is 6.02. The molecule has 1 aromatic heterocycles. The Morgan fingerprint density at radius 2 is 1.76 bits per heavy atom. The first kappa shape index (κ1) is 14.4. The standard InChI is InChI=1S/C14H14N4O3/c1-19-11-6-10(7-12(20-2)13(11)21-3)17-14-9(8-15)4-5-16-18-14/h4-7H,1-3H3,(H,17,18). The SMILES string of the molecule is COc1cc(Nc2nnccc2C#N)cc(OC)c1OC. The fraction of sp³-hybridized carbons (Fsp3) is 0.214. The minimum absolute atomic E-state index is 0.356. The van der Waals surface area contributed by atoms with E-state index in [2.05, 4.69) is 15.5 Å². The van der Waals surface area contributed by atoms with Gasteiger partial charge in [0, 0.05) is 17.8 Å². The smallest absolute Gasteiger partial charge is 0.203 e. The summed E-state index contributed by atoms with van der Waals surface area (Å²) in [4.78, 5) is 0. The van der Waals surface area contributed by atoms with E-state index in [1.807, 2.05) is 6.07 Å². The molecule has 108 valence electrons. The van der Waals surface area contributed by atoms with Crippen molar-refractivity contribution in [2.75, 3.05) is 26.6 Å². The molecule has 0 fully saturated rings. The van der Waals surface area contributed by atoms with Gasteiger partial charge in [0.25, 0.3) is 0 Å². The van der Waals surface area contributed by atoms with E-state index in [-0.39, 0.29) is 0 Å². The number of hydrogen-bond acceptors (Lipinski definition) is 7. The number of aromatic nitrogens is 2. The van der Waals surface area contributed by atoms with Crippen molar-refractivity contribution in [3.63, 3.8) is 0 Å². The number of ether oxygens (including phenoxy) is 3. The Balaban J connectivity index is 2.43. The number of nitriles is 1. The molecule has 2 aromatic rings. The third-order valence-electron chi connectivity index (χ3n) is 2.77. The summed E-state index contributed by atoms with van der Waals surface area (Å²) in [7, 11) is 4.60. The molecule has 0 aliphatic rings. The highest BCUT2D eigenvalue weighted by molar-refractivity contribution is 5.68. The molecule has 0 amide bonds. The van der Waals surface area contributed by atoms with Crippen molar-refractivity contribution in [2.24, 2.45) is 0 Å². The van der Waals surface area contributed by atoms with Crippen LogP contribution in [0.5, 0.6) is 17.2 Å². The zero-order valence-electron chi connectivity index (χ0n) is 11.9. The maximum absolute atomic E-state index is 9.05. The molecule has 1 heterocycles. The topological polar surface area (TPSA) is 89.3 Å². The summed E-state index contributed by atoms with van der Waals surface area (Å²) < 4.78 is 15.8. The van der Waals surface area contributed by atoms with Gasteiger partial charge in [0.05, 0.1) is 33.1 Å². The van der Waals surface area contributed by atoms with Crippen LogP contribution >= 0.6 is 0 Å². The van der Waals surface area contributed by atoms with Crippen LogP contribution in [0.25, 0.3) is 0 Å². The summed E-state index contributed by atoms with van der Waals surface area (Å²) in [5.41, 5.74) is 1.03. The molecule has 7 heteroatoms. The number of nitrogens with one attached hydrogen (secondary N) is 1. The molecule has 0 unspecified atom stereocenters. The highest BCUT2D eigenvalue weighted by Crippen LogP contribution is 2.40. The number of methoxy groups -OCH3 is 3. The number of hydrogen-bond donors (Lipinski definition) is 1. The van der Waals surface area contributed by atoms with E-state index < -0.39 is 0 Å². The summed E-state index contributed by atoms with van der Waals surface area (Å²) in [6.45, 7) is 0. The van der Waals surface area contributed by atoms with Crippen LogP contribution in [0.3, 0.4) is 0 Å². The largest absolute Gasteiger partial charge is 0.493 e. The van der Waals surface area contributed by atoms with Crippen LogP contribution < -0.4 is 19.5 Å². The molecule has 1 aromatic carbocycles. The Kier molecular flexibility index (Phi) is 4.41. The van der Waals surface area contributed by atoms with E-state index in [0.717, 1.165) is 0 Å². The third-order valence-corrected chi connectivity index (χ3v) is 2.77. The molecule has 0 aliphatic heterocycles. The van der Waals surface area contributed by atoms with Gasteiger partial charge < -0.3 is 19.5 Å². The summed E-state index contributed by atoms with van der Waals surface area (Å²) >= 11 is 0. The molecule has 2 rings (SSSR count). The van der Waals surface area contributed by atoms with E-state index in [1.54, 1.807) is 18.2 Å². The molecular weight excluding hydrogens is 272 g/mol. The molecule has 0 saturated heterocycles. The highest BCUT2D eigenvalue weighted by atomic mass is 16.5. The quantitative estimate of drug-likeness (QED) is 0.900. The Bertz CT molecular complexity index is 657. The predicted molar refractivity (Wildman–Crippen MR) is 76.1 cm³/mol. The summed E-state index contributed by atoms with van der Waals surface area (Å²) in [5, 5.41) is 19.7. The van der Waals surface area contributed by atoms with E-state index in [0.29, 0.717) is 34.3 Å². The van der Waals surface area contributed by atoms with Gasteiger partial charge in [-0.2, -0.15) is 10.4 Å². The van der Waals surface area contributed by atoms with Crippen molar-refractivity contribution in [3.8, 4) is 23.3 Å². The van der Waals surface area contributed by atoms with Gasteiger partial charge in [0.2, 0.25) is 5.75 Å². The summed E-state index contributed by atoms with van der Waals surface area (Å²) in [5.74, 6) is 1.85. The maximum Gasteiger partial charge on any atom is 0.203 e. The molecule has 0 saturated carbocycles. The van der Waals surface area contributed by atoms with Crippen LogP contribution in [0, 0.1) is 11.3 Å². The van der Waals surface area contributed by atoms with E-state index in [4.69, 9.17) is 19.5 Å². The molecule has 0 spiro atoms. The minimum atomic E-state index is 0.356. The van der Waals surface area contributed by atoms with Crippen LogP contribution in [0.15, 0.2) is 24.4 Å². The first-order valence-corrected chi connectivity index (χ1v) is 6.02. The monoisotopic (exact) mass is 286 g/mol. The second-order valence-electron chi connectivity index (χ2n) is 3.94. The van der Waals surface area contributed by atoms with Gasteiger partial charge in [0.15, 0.2) is 17.3 Å². The van der Waals surface area contributed by atoms with Crippen LogP contribution in [-0.2, 0) is 0 Å². The van der Waals surface area contributed by atoms with Gasteiger partial charge in [-0.15, -0.1) is 5.10 Å². The fourth-order valence-corrected chi connectivity index (χ4v) is 1.80. The average molecular weight is 286 g/mol. The number of nitrogens with zero attached hydrogens (tertiary/aromatic N) is 3. The van der Waals surface area contributed by atoms with Gasteiger partial charge in [-0.05, 0) is 6.07 Å². The molecule has 1 N–H and O–H groups in total. The van der Waals surface area contributed by atoms with Crippen LogP contribution in [0.4, 0.5) is 11.5 Å². The lowest BCUT2D eigenvalue weighted by Crippen LogP contribution is -2.01. The number of benzene rings is 1. The van der Waals surface area contributed by atoms with Crippen molar-refractivity contribution in [2.45, 2.75) is 0 Å². The third kappa shape index (κ3) is 2.95. The number of anilines is 2. The predicted octanol–water partition coefficient (Wildman–Crippen LogP) is 2.12. The lowest BCUT2D eigenvalue weighted by atomic mass is 10.2. The van der Waals surface area contributed by atoms with Crippen molar-refractivity contribution < 1.29 is 14.2 Å². The van der Waals surface area contributed by atoms with Crippen molar-refractivity contribution >= 4 is 11.5 Å². The van der Waals surface area contributed by atoms with Crippen LogP contribution in [0.2, 0.25) is 0 Å². The van der Waals surface area contributed by atoms with Gasteiger partial charge >= 0.3 is 0 Å². The zero-order chi connectivity index (χ0) is 15.2. The zero-order valence-corrected chi connectivity index (χ0v) is 11.9. The normalized spacial score (nSPS) is 9.62. The molecule has 0 atom stereocenters. The van der Waals surface area contributed by atoms with Crippen molar-refractivity contribution in [1.29, 1.82) is 5.26 Å². The molecular formula is C14H14N4O3. The van der Waals surface area contributed by atoms with Crippen molar-refractivity contribution in [3.05, 3.63) is 30.0 Å². The molecule has 21 heavy (non-hydrogen) atoms. The van der Waals surface area contributed by atoms with Gasteiger partial charge in [-0.1, -0.05) is 0 Å². The second kappa shape index (κ2) is 6.43. The summed E-state index contributed by atoms with van der Waals surface area (Å²) in [6.07, 6.45) is 1.46. The number of rotatable bonds is 5. The average Bonchev–Trinajstić information content (AvgIpc) is 2.54. The van der Waals surface area contributed by atoms with Gasteiger partial charge in [-0.25, -0.2) is 0 Å². The van der Waals surface area contributed by atoms with Crippen LogP contribution in [0.1, 0.15) is 5.56 Å². The van der Waals surface area contributed by atoms with Crippen molar-refractivity contribution in [1.82, 2.24) is 10.2 Å². The molecule has 0 radical (unpaired) electrons. The minimum Gasteiger partial charge on any atom is -0.493 e. The van der Waals surface area contributed by atoms with E-state index in [9.17, 15) is 0 Å². The van der Waals surface area contributed by atoms with Crippen LogP contribution in [-0.4, -0.2) is 31.5 Å². The fourth-order valence-electron chi connectivity index (χ4n) is 1.80. The van der Waals surface area contributed by atoms with E-state index >= 15 is 0 Å². The lowest BCUT2D eigenvalue weighted by molar-refractivity contribution is 0.324. The Hall–Kier alpha value is -3.01. The molecule has 0 bridgehead atoms. The first-order chi connectivity index (χ1) is 10.2. The van der Waals surface area contributed by atoms with E-state index in [1.165, 1.54) is 27.5 Å². The van der Waals surface area contributed by atoms with Gasteiger partial charge in [-0.3, -0.25) is 0 Å². The lowest BCUT2D eigenvalue weighted by Gasteiger charge is -2.14. The highest BCUT2D eigenvalue weighted by Gasteiger charge is 2.14.